The van der Waals surface area contributed by atoms with Gasteiger partial charge in [-0.05, 0) is 0 Å². The third-order valence-corrected chi connectivity index (χ3v) is 0. The summed E-state index contributed by atoms with van der Waals surface area (Å²) >= 11 is 0. The third kappa shape index (κ3) is 1490. The third-order valence-electron chi connectivity index (χ3n) is 0. The van der Waals surface area contributed by atoms with Gasteiger partial charge >= 0.3 is 20.8 Å². The van der Waals surface area contributed by atoms with Gasteiger partial charge in [0.25, 0.3) is 0 Å². The summed E-state index contributed by atoms with van der Waals surface area (Å²) in [7, 11) is -9.33. The number of rotatable bonds is 0. The van der Waals surface area contributed by atoms with Gasteiger partial charge in [-0.15, -0.1) is 0 Å². The predicted octanol–water partition coefficient (Wildman–Crippen LogP) is -0.974. The van der Waals surface area contributed by atoms with Crippen LogP contribution >= 0.6 is 0 Å². The zero-order valence-corrected chi connectivity index (χ0v) is 6.78. The highest BCUT2D eigenvalue weighted by Crippen LogP contribution is 1.59. The first kappa shape index (κ1) is 17.4. The lowest BCUT2D eigenvalue weighted by Gasteiger charge is -1.68. The first-order valence-electron chi connectivity index (χ1n) is 1.60. The second-order valence-corrected chi connectivity index (χ2v) is 2.69. The topological polar surface area (TPSA) is 190 Å². The van der Waals surface area contributed by atoms with Gasteiger partial charge in [0.15, 0.2) is 0 Å². The first-order valence-corrected chi connectivity index (χ1v) is 4.40. The minimum absolute atomic E-state index is 4.50. The molecule has 12 heavy (non-hydrogen) atoms. The van der Waals surface area contributed by atoms with Crippen molar-refractivity contribution in [1.82, 2.24) is 0 Å². The molecule has 0 rings (SSSR count). The number of hydrogen-bond acceptors (Lipinski definition) is 6. The molecule has 0 unspecified atom stereocenters. The van der Waals surface area contributed by atoms with E-state index in [1.165, 1.54) is 0 Å². The molecule has 0 aromatic rings. The Hall–Kier alpha value is -0.660. The van der Waals surface area contributed by atoms with E-state index in [4.69, 9.17) is 40.0 Å². The molecule has 0 fully saturated rings. The van der Waals surface area contributed by atoms with Crippen LogP contribution in [0.15, 0.2) is 0 Å². The zero-order valence-electron chi connectivity index (χ0n) is 5.15. The van der Waals surface area contributed by atoms with Crippen LogP contribution in [0, 0.1) is 10.5 Å². The van der Waals surface area contributed by atoms with Crippen LogP contribution in [0.25, 0.3) is 0 Å². The van der Waals surface area contributed by atoms with E-state index in [1.54, 1.807) is 0 Å². The van der Waals surface area contributed by atoms with Crippen LogP contribution in [-0.4, -0.2) is 35.0 Å². The molecule has 10 nitrogen and oxygen atoms in total. The Bertz CT molecular complexity index is 222. The molecule has 76 valence electrons. The van der Waals surface area contributed by atoms with E-state index in [2.05, 4.69) is 5.59 Å². The van der Waals surface area contributed by atoms with Gasteiger partial charge in [-0.25, -0.2) is 0 Å². The molecular formula is H5NO9S2. The average molecular weight is 227 g/mol. The van der Waals surface area contributed by atoms with E-state index in [9.17, 15) is 0 Å². The fraction of sp³-hybridized carbons (Fsp3) is 0. The van der Waals surface area contributed by atoms with Crippen LogP contribution in [0.4, 0.5) is 0 Å². The van der Waals surface area contributed by atoms with Crippen molar-refractivity contribution in [3.8, 4) is 0 Å². The van der Waals surface area contributed by atoms with Gasteiger partial charge in [-0.2, -0.15) is 21.7 Å². The summed E-state index contributed by atoms with van der Waals surface area (Å²) in [6.07, 6.45) is 0. The van der Waals surface area contributed by atoms with Crippen molar-refractivity contribution in [2.75, 3.05) is 0 Å². The molecule has 5 N–H and O–H groups in total. The molecule has 0 aliphatic carbocycles. The van der Waals surface area contributed by atoms with Crippen LogP contribution in [0.5, 0.6) is 0 Å². The lowest BCUT2D eigenvalue weighted by molar-refractivity contribution is 0.378. The molecule has 0 atom stereocenters. The van der Waals surface area contributed by atoms with Crippen LogP contribution in [-0.2, 0) is 20.8 Å². The van der Waals surface area contributed by atoms with Crippen LogP contribution in [0.3, 0.4) is 0 Å². The summed E-state index contributed by atoms with van der Waals surface area (Å²) in [6, 6.07) is 0. The Morgan fingerprint density at radius 3 is 0.667 bits per heavy atom. The van der Waals surface area contributed by atoms with Crippen molar-refractivity contribution < 1.29 is 35.0 Å². The SMILES string of the molecule is N=O.O=S(=O)(O)O.O=S(=O)(O)O. The number of nitrogens with one attached hydrogen (secondary N) is 1. The Morgan fingerprint density at radius 1 is 0.667 bits per heavy atom. The second kappa shape index (κ2) is 7.01. The molecule has 0 amide bonds. The lowest BCUT2D eigenvalue weighted by atomic mass is 13.8. The van der Waals surface area contributed by atoms with E-state index in [0.29, 0.717) is 0 Å². The van der Waals surface area contributed by atoms with Gasteiger partial charge in [0, 0.05) is 0 Å². The summed E-state index contributed by atoms with van der Waals surface area (Å²) in [5.74, 6) is 0. The van der Waals surface area contributed by atoms with Crippen molar-refractivity contribution in [2.45, 2.75) is 0 Å². The lowest BCUT2D eigenvalue weighted by Crippen LogP contribution is -1.89. The smallest absolute Gasteiger partial charge is 0.264 e. The molecule has 0 saturated heterocycles. The number of nitroso groups, excluding NO2 is 1. The molecule has 0 aliphatic rings. The maximum Gasteiger partial charge on any atom is 0.394 e. The largest absolute Gasteiger partial charge is 0.394 e. The van der Waals surface area contributed by atoms with Crippen molar-refractivity contribution in [3.05, 3.63) is 4.91 Å². The molecule has 0 spiro atoms. The fourth-order valence-corrected chi connectivity index (χ4v) is 0. The van der Waals surface area contributed by atoms with Crippen molar-refractivity contribution >= 4 is 20.8 Å². The van der Waals surface area contributed by atoms with Crippen molar-refractivity contribution in [2.24, 2.45) is 0 Å². The second-order valence-electron chi connectivity index (χ2n) is 0.896. The van der Waals surface area contributed by atoms with Gasteiger partial charge < -0.3 is 0 Å². The van der Waals surface area contributed by atoms with Gasteiger partial charge in [0.2, 0.25) is 0 Å². The zero-order chi connectivity index (χ0) is 11.0. The predicted molar refractivity (Wildman–Crippen MR) is 34.4 cm³/mol. The van der Waals surface area contributed by atoms with Crippen LogP contribution < -0.4 is 0 Å². The Kier molecular flexibility index (Phi) is 10.2. The van der Waals surface area contributed by atoms with Gasteiger partial charge in [-0.1, -0.05) is 5.59 Å². The van der Waals surface area contributed by atoms with Crippen LogP contribution in [0.2, 0.25) is 0 Å². The summed E-state index contributed by atoms with van der Waals surface area (Å²) in [6.45, 7) is 0. The van der Waals surface area contributed by atoms with Gasteiger partial charge in [0.1, 0.15) is 0 Å². The molecule has 0 saturated carbocycles. The van der Waals surface area contributed by atoms with E-state index in [-0.39, 0.29) is 0 Å². The highest BCUT2D eigenvalue weighted by Gasteiger charge is 1.85. The molecule has 0 bridgehead atoms. The van der Waals surface area contributed by atoms with E-state index < -0.39 is 20.8 Å². The molecule has 0 heterocycles. The highest BCUT2D eigenvalue weighted by molar-refractivity contribution is 7.80. The maximum absolute atomic E-state index is 8.74. The Morgan fingerprint density at radius 2 is 0.667 bits per heavy atom. The van der Waals surface area contributed by atoms with E-state index in [1.807, 2.05) is 0 Å². The van der Waals surface area contributed by atoms with Crippen molar-refractivity contribution in [3.63, 3.8) is 0 Å². The monoisotopic (exact) mass is 227 g/mol. The molecular weight excluding hydrogens is 222 g/mol. The molecule has 12 heteroatoms. The standard InChI is InChI=1S/HNO.2H2O4S/c1-2;2*1-5(2,3)4/h1H;2*(H2,1,2,3,4). The molecule has 0 aliphatic heterocycles. The normalized spacial score (nSPS) is 10.0. The summed E-state index contributed by atoms with van der Waals surface area (Å²) in [5.41, 5.74) is 4.50. The van der Waals surface area contributed by atoms with Gasteiger partial charge in [-0.3, -0.25) is 18.2 Å². The fourth-order valence-electron chi connectivity index (χ4n) is 0. The van der Waals surface area contributed by atoms with Crippen LogP contribution in [0.1, 0.15) is 0 Å². The van der Waals surface area contributed by atoms with E-state index in [0.717, 1.165) is 0 Å². The first-order chi connectivity index (χ1) is 5.00. The average Bonchev–Trinajstić information content (AvgIpc) is 1.59. The van der Waals surface area contributed by atoms with E-state index >= 15 is 0 Å². The Labute approximate surface area is 67.1 Å². The molecule has 0 radical (unpaired) electrons. The maximum atomic E-state index is 8.74. The quantitative estimate of drug-likeness (QED) is 0.255. The number of hydrogen-bond donors (Lipinski definition) is 5. The molecule has 0 aromatic heterocycles. The summed E-state index contributed by atoms with van der Waals surface area (Å²) < 4.78 is 63.2. The molecule has 0 aromatic carbocycles. The summed E-state index contributed by atoms with van der Waals surface area (Å²) in [4.78, 5) is 7.50. The minimum atomic E-state index is -4.67. The minimum Gasteiger partial charge on any atom is -0.264 e. The highest BCUT2D eigenvalue weighted by atomic mass is 32.3. The van der Waals surface area contributed by atoms with Crippen molar-refractivity contribution in [1.29, 1.82) is 5.59 Å². The van der Waals surface area contributed by atoms with Gasteiger partial charge in [0.05, 0.1) is 0 Å². The Balaban J connectivity index is -0.000000112. The summed E-state index contributed by atoms with van der Waals surface area (Å²) in [5, 5.41) is 0.